The highest BCUT2D eigenvalue weighted by atomic mass is 16.3. The van der Waals surface area contributed by atoms with Crippen LogP contribution in [0.2, 0.25) is 0 Å². The van der Waals surface area contributed by atoms with Crippen LogP contribution in [0.3, 0.4) is 0 Å². The fourth-order valence-corrected chi connectivity index (χ4v) is 2.97. The standard InChI is InChI=1S/C17H19NO2/c19-16(17(20)10-3-4-11-17)18-12-14-8-5-7-13-6-1-2-9-15(13)14/h1-2,5-9,20H,3-4,10-12H2,(H,18,19). The highest BCUT2D eigenvalue weighted by Gasteiger charge is 2.38. The molecule has 1 aliphatic carbocycles. The van der Waals surface area contributed by atoms with E-state index in [9.17, 15) is 9.90 Å². The van der Waals surface area contributed by atoms with Crippen LogP contribution in [0.5, 0.6) is 0 Å². The molecule has 1 fully saturated rings. The molecule has 2 N–H and O–H groups in total. The first-order valence-electron chi connectivity index (χ1n) is 7.16. The lowest BCUT2D eigenvalue weighted by molar-refractivity contribution is -0.139. The Morgan fingerprint density at radius 2 is 1.80 bits per heavy atom. The van der Waals surface area contributed by atoms with Crippen LogP contribution in [-0.2, 0) is 11.3 Å². The molecule has 0 spiro atoms. The van der Waals surface area contributed by atoms with E-state index >= 15 is 0 Å². The van der Waals surface area contributed by atoms with Crippen molar-refractivity contribution in [2.75, 3.05) is 0 Å². The summed E-state index contributed by atoms with van der Waals surface area (Å²) in [4.78, 5) is 12.1. The van der Waals surface area contributed by atoms with Crippen LogP contribution in [0.4, 0.5) is 0 Å². The molecule has 0 atom stereocenters. The van der Waals surface area contributed by atoms with E-state index in [1.165, 1.54) is 5.39 Å². The van der Waals surface area contributed by atoms with Gasteiger partial charge in [-0.15, -0.1) is 0 Å². The SMILES string of the molecule is O=C(NCc1cccc2ccccc12)C1(O)CCCC1. The van der Waals surface area contributed by atoms with Gasteiger partial charge in [-0.2, -0.15) is 0 Å². The van der Waals surface area contributed by atoms with E-state index in [0.717, 1.165) is 23.8 Å². The zero-order valence-corrected chi connectivity index (χ0v) is 11.4. The number of hydrogen-bond donors (Lipinski definition) is 2. The Labute approximate surface area is 118 Å². The lowest BCUT2D eigenvalue weighted by atomic mass is 10.0. The first-order chi connectivity index (χ1) is 9.69. The average molecular weight is 269 g/mol. The zero-order valence-electron chi connectivity index (χ0n) is 11.4. The summed E-state index contributed by atoms with van der Waals surface area (Å²) in [6.45, 7) is 0.461. The van der Waals surface area contributed by atoms with E-state index < -0.39 is 5.60 Å². The smallest absolute Gasteiger partial charge is 0.252 e. The van der Waals surface area contributed by atoms with Crippen LogP contribution in [0, 0.1) is 0 Å². The molecule has 0 saturated heterocycles. The monoisotopic (exact) mass is 269 g/mol. The second-order valence-corrected chi connectivity index (χ2v) is 5.56. The summed E-state index contributed by atoms with van der Waals surface area (Å²) in [5.41, 5.74) is -0.0667. The van der Waals surface area contributed by atoms with Crippen molar-refractivity contribution in [2.24, 2.45) is 0 Å². The first-order valence-corrected chi connectivity index (χ1v) is 7.16. The predicted octanol–water partition coefficient (Wildman–Crippen LogP) is 2.76. The molecule has 0 bridgehead atoms. The van der Waals surface area contributed by atoms with E-state index in [2.05, 4.69) is 23.5 Å². The Morgan fingerprint density at radius 1 is 1.10 bits per heavy atom. The predicted molar refractivity (Wildman–Crippen MR) is 79.2 cm³/mol. The number of amides is 1. The van der Waals surface area contributed by atoms with Crippen molar-refractivity contribution in [3.05, 3.63) is 48.0 Å². The number of rotatable bonds is 3. The fourth-order valence-electron chi connectivity index (χ4n) is 2.97. The number of carbonyl (C=O) groups excluding carboxylic acids is 1. The summed E-state index contributed by atoms with van der Waals surface area (Å²) < 4.78 is 0. The van der Waals surface area contributed by atoms with Crippen molar-refractivity contribution in [1.82, 2.24) is 5.32 Å². The second-order valence-electron chi connectivity index (χ2n) is 5.56. The molecule has 0 unspecified atom stereocenters. The van der Waals surface area contributed by atoms with Crippen LogP contribution in [0.1, 0.15) is 31.2 Å². The van der Waals surface area contributed by atoms with Gasteiger partial charge < -0.3 is 10.4 Å². The van der Waals surface area contributed by atoms with Crippen molar-refractivity contribution < 1.29 is 9.90 Å². The topological polar surface area (TPSA) is 49.3 Å². The quantitative estimate of drug-likeness (QED) is 0.900. The summed E-state index contributed by atoms with van der Waals surface area (Å²) in [5.74, 6) is -0.233. The molecule has 0 heterocycles. The maximum absolute atomic E-state index is 12.1. The van der Waals surface area contributed by atoms with E-state index in [0.29, 0.717) is 19.4 Å². The third-order valence-corrected chi connectivity index (χ3v) is 4.17. The van der Waals surface area contributed by atoms with Crippen LogP contribution in [0.25, 0.3) is 10.8 Å². The van der Waals surface area contributed by atoms with E-state index in [1.54, 1.807) is 0 Å². The summed E-state index contributed by atoms with van der Waals surface area (Å²) in [5, 5.41) is 15.4. The molecule has 3 heteroatoms. The molecule has 0 aliphatic heterocycles. The number of carbonyl (C=O) groups is 1. The highest BCUT2D eigenvalue weighted by Crippen LogP contribution is 2.29. The van der Waals surface area contributed by atoms with Crippen LogP contribution in [-0.4, -0.2) is 16.6 Å². The third-order valence-electron chi connectivity index (χ3n) is 4.17. The minimum absolute atomic E-state index is 0.233. The third kappa shape index (κ3) is 2.41. The molecule has 3 nitrogen and oxygen atoms in total. The second kappa shape index (κ2) is 5.25. The van der Waals surface area contributed by atoms with Crippen molar-refractivity contribution >= 4 is 16.7 Å². The Hall–Kier alpha value is -1.87. The van der Waals surface area contributed by atoms with Crippen molar-refractivity contribution in [1.29, 1.82) is 0 Å². The van der Waals surface area contributed by atoms with Gasteiger partial charge in [-0.1, -0.05) is 42.5 Å². The van der Waals surface area contributed by atoms with Crippen molar-refractivity contribution in [3.63, 3.8) is 0 Å². The van der Waals surface area contributed by atoms with E-state index in [-0.39, 0.29) is 5.91 Å². The Morgan fingerprint density at radius 3 is 2.60 bits per heavy atom. The Kier molecular flexibility index (Phi) is 3.45. The summed E-state index contributed by atoms with van der Waals surface area (Å²) >= 11 is 0. The molecule has 20 heavy (non-hydrogen) atoms. The van der Waals surface area contributed by atoms with E-state index in [1.807, 2.05) is 24.3 Å². The number of hydrogen-bond acceptors (Lipinski definition) is 2. The van der Waals surface area contributed by atoms with Crippen molar-refractivity contribution in [3.8, 4) is 0 Å². The molecule has 2 aromatic carbocycles. The molecule has 2 aromatic rings. The van der Waals surface area contributed by atoms with E-state index in [4.69, 9.17) is 0 Å². The maximum Gasteiger partial charge on any atom is 0.252 e. The van der Waals surface area contributed by atoms with Gasteiger partial charge in [0, 0.05) is 6.54 Å². The summed E-state index contributed by atoms with van der Waals surface area (Å²) in [7, 11) is 0. The lowest BCUT2D eigenvalue weighted by Crippen LogP contribution is -2.44. The molecule has 1 amide bonds. The van der Waals surface area contributed by atoms with Gasteiger partial charge in [0.05, 0.1) is 0 Å². The minimum Gasteiger partial charge on any atom is -0.380 e. The molecular formula is C17H19NO2. The van der Waals surface area contributed by atoms with Crippen LogP contribution < -0.4 is 5.32 Å². The van der Waals surface area contributed by atoms with Crippen molar-refractivity contribution in [2.45, 2.75) is 37.8 Å². The Balaban J connectivity index is 1.76. The molecular weight excluding hydrogens is 250 g/mol. The fraction of sp³-hybridized carbons (Fsp3) is 0.353. The first kappa shape index (κ1) is 13.1. The molecule has 3 rings (SSSR count). The molecule has 0 radical (unpaired) electrons. The molecule has 1 saturated carbocycles. The van der Waals surface area contributed by atoms with Gasteiger partial charge in [0.2, 0.25) is 0 Å². The largest absolute Gasteiger partial charge is 0.380 e. The van der Waals surface area contributed by atoms with Gasteiger partial charge in [-0.05, 0) is 42.0 Å². The normalized spacial score (nSPS) is 17.2. The van der Waals surface area contributed by atoms with Gasteiger partial charge in [0.25, 0.3) is 5.91 Å². The molecule has 0 aromatic heterocycles. The van der Waals surface area contributed by atoms with Crippen LogP contribution in [0.15, 0.2) is 42.5 Å². The number of fused-ring (bicyclic) bond motifs is 1. The minimum atomic E-state index is -1.15. The number of nitrogens with one attached hydrogen (secondary N) is 1. The zero-order chi connectivity index (χ0) is 14.0. The Bertz CT molecular complexity index is 624. The summed E-state index contributed by atoms with van der Waals surface area (Å²) in [6.07, 6.45) is 3.01. The van der Waals surface area contributed by atoms with Gasteiger partial charge in [0.1, 0.15) is 5.60 Å². The molecule has 104 valence electrons. The maximum atomic E-state index is 12.1. The average Bonchev–Trinajstić information content (AvgIpc) is 2.93. The highest BCUT2D eigenvalue weighted by molar-refractivity contribution is 5.88. The van der Waals surface area contributed by atoms with Gasteiger partial charge in [-0.3, -0.25) is 4.79 Å². The number of benzene rings is 2. The number of aliphatic hydroxyl groups is 1. The van der Waals surface area contributed by atoms with Gasteiger partial charge >= 0.3 is 0 Å². The molecule has 1 aliphatic rings. The van der Waals surface area contributed by atoms with Gasteiger partial charge in [-0.25, -0.2) is 0 Å². The lowest BCUT2D eigenvalue weighted by Gasteiger charge is -2.21. The van der Waals surface area contributed by atoms with Gasteiger partial charge in [0.15, 0.2) is 0 Å². The summed E-state index contributed by atoms with van der Waals surface area (Å²) in [6, 6.07) is 14.2. The van der Waals surface area contributed by atoms with Crippen LogP contribution >= 0.6 is 0 Å².